The Morgan fingerprint density at radius 1 is 0.933 bits per heavy atom. The topological polar surface area (TPSA) is 120 Å². The van der Waals surface area contributed by atoms with Crippen LogP contribution in [0.25, 0.3) is 22.4 Å². The third kappa shape index (κ3) is 6.70. The number of H-pyrrole nitrogens is 1. The van der Waals surface area contributed by atoms with Crippen LogP contribution in [0.15, 0.2) is 64.2 Å². The fourth-order valence-corrected chi connectivity index (χ4v) is 5.48. The molecule has 4 aromatic rings. The van der Waals surface area contributed by atoms with Gasteiger partial charge in [-0.15, -0.1) is 0 Å². The monoisotopic (exact) mass is 641 g/mol. The number of nitrogens with one attached hydrogen (secondary N) is 1. The number of pyridine rings is 1. The molecule has 0 spiro atoms. The standard InChI is InChI=1S/C32H27ClF3N3O6/c1-31(2,3)45-30(44)39-25(15-27(42)37-39)18-6-4-17(5-7-18)12-20(40)16-38-24-10-11-26(41)29(24)22(14-28(38)43)21-13-19(33)8-9-23(21)32(34,35)36/h4-9,13-15H,10-12,16H2,1-3H3,(H,37,42). The van der Waals surface area contributed by atoms with Gasteiger partial charge in [-0.05, 0) is 56.5 Å². The summed E-state index contributed by atoms with van der Waals surface area (Å²) < 4.78 is 48.9. The molecule has 0 aliphatic heterocycles. The van der Waals surface area contributed by atoms with Gasteiger partial charge in [0.05, 0.1) is 17.8 Å². The van der Waals surface area contributed by atoms with Crippen molar-refractivity contribution in [2.45, 2.75) is 58.4 Å². The van der Waals surface area contributed by atoms with E-state index in [1.807, 2.05) is 0 Å². The Hall–Kier alpha value is -4.71. The van der Waals surface area contributed by atoms with Gasteiger partial charge in [0.1, 0.15) is 5.60 Å². The van der Waals surface area contributed by atoms with E-state index < -0.39 is 46.9 Å². The number of halogens is 4. The number of aromatic amines is 1. The SMILES string of the molecule is CC(C)(C)OC(=O)n1[nH]c(=O)cc1-c1ccc(CC(=O)Cn2c3c(c(-c4cc(Cl)ccc4C(F)(F)F)cc2=O)C(=O)CC3)cc1. The lowest BCUT2D eigenvalue weighted by molar-refractivity contribution is -0.137. The van der Waals surface area contributed by atoms with Gasteiger partial charge in [0, 0.05) is 52.4 Å². The van der Waals surface area contributed by atoms with Crippen molar-refractivity contribution in [3.05, 3.63) is 103 Å². The van der Waals surface area contributed by atoms with E-state index in [4.69, 9.17) is 16.3 Å². The summed E-state index contributed by atoms with van der Waals surface area (Å²) in [6, 6.07) is 11.6. The fourth-order valence-electron chi connectivity index (χ4n) is 5.31. The predicted octanol–water partition coefficient (Wildman–Crippen LogP) is 6.07. The van der Waals surface area contributed by atoms with Crippen LogP contribution in [0.2, 0.25) is 5.02 Å². The van der Waals surface area contributed by atoms with E-state index in [0.717, 1.165) is 33.5 Å². The number of carbonyl (C=O) groups excluding carboxylic acids is 3. The molecule has 1 aliphatic rings. The molecule has 0 fully saturated rings. The molecule has 13 heteroatoms. The van der Waals surface area contributed by atoms with Crippen LogP contribution < -0.4 is 11.1 Å². The summed E-state index contributed by atoms with van der Waals surface area (Å²) in [5, 5.41) is 2.42. The minimum absolute atomic E-state index is 0.00667. The normalized spacial score (nSPS) is 13.2. The molecule has 0 atom stereocenters. The number of aromatic nitrogens is 3. The largest absolute Gasteiger partial charge is 0.442 e. The molecule has 0 saturated heterocycles. The molecule has 9 nitrogen and oxygen atoms in total. The Bertz CT molecular complexity index is 1960. The third-order valence-electron chi connectivity index (χ3n) is 7.15. The highest BCUT2D eigenvalue weighted by atomic mass is 35.5. The number of Topliss-reactive ketones (excluding diaryl/α,β-unsaturated/α-hetero) is 2. The number of carbonyl (C=O) groups is 3. The first-order valence-corrected chi connectivity index (χ1v) is 14.2. The molecule has 0 amide bonds. The van der Waals surface area contributed by atoms with Crippen molar-refractivity contribution in [3.63, 3.8) is 0 Å². The van der Waals surface area contributed by atoms with Crippen molar-refractivity contribution in [1.29, 1.82) is 0 Å². The summed E-state index contributed by atoms with van der Waals surface area (Å²) in [4.78, 5) is 63.8. The molecule has 0 radical (unpaired) electrons. The Morgan fingerprint density at radius 2 is 1.62 bits per heavy atom. The number of alkyl halides is 3. The first-order chi connectivity index (χ1) is 21.0. The molecular weight excluding hydrogens is 615 g/mol. The van der Waals surface area contributed by atoms with Crippen molar-refractivity contribution in [1.82, 2.24) is 14.3 Å². The molecule has 1 aliphatic carbocycles. The molecule has 0 unspecified atom stereocenters. The van der Waals surface area contributed by atoms with E-state index in [-0.39, 0.29) is 58.1 Å². The highest BCUT2D eigenvalue weighted by molar-refractivity contribution is 6.31. The number of rotatable bonds is 6. The summed E-state index contributed by atoms with van der Waals surface area (Å²) in [6.07, 6.45) is -5.56. The minimum Gasteiger partial charge on any atom is -0.442 e. The molecule has 1 N–H and O–H groups in total. The van der Waals surface area contributed by atoms with Gasteiger partial charge < -0.3 is 9.30 Å². The van der Waals surface area contributed by atoms with Crippen LogP contribution in [0.4, 0.5) is 18.0 Å². The molecule has 0 bridgehead atoms. The van der Waals surface area contributed by atoms with Crippen LogP contribution in [0, 0.1) is 0 Å². The van der Waals surface area contributed by atoms with Gasteiger partial charge in [-0.3, -0.25) is 24.3 Å². The van der Waals surface area contributed by atoms with Crippen molar-refractivity contribution < 1.29 is 32.3 Å². The second kappa shape index (κ2) is 11.7. The number of hydrogen-bond donors (Lipinski definition) is 1. The average Bonchev–Trinajstić information content (AvgIpc) is 3.51. The smallest absolute Gasteiger partial charge is 0.434 e. The second-order valence-corrected chi connectivity index (χ2v) is 12.1. The average molecular weight is 642 g/mol. The Balaban J connectivity index is 1.41. The zero-order valence-corrected chi connectivity index (χ0v) is 25.1. The highest BCUT2D eigenvalue weighted by Crippen LogP contribution is 2.41. The number of ketones is 2. The number of benzene rings is 2. The van der Waals surface area contributed by atoms with Crippen molar-refractivity contribution in [3.8, 4) is 22.4 Å². The summed E-state index contributed by atoms with van der Waals surface area (Å²) >= 11 is 5.99. The van der Waals surface area contributed by atoms with Gasteiger partial charge in [-0.1, -0.05) is 35.9 Å². The molecule has 5 rings (SSSR count). The van der Waals surface area contributed by atoms with E-state index in [9.17, 15) is 37.1 Å². The highest BCUT2D eigenvalue weighted by Gasteiger charge is 2.36. The van der Waals surface area contributed by atoms with E-state index >= 15 is 0 Å². The summed E-state index contributed by atoms with van der Waals surface area (Å²) in [5.41, 5.74) is -2.11. The van der Waals surface area contributed by atoms with Crippen LogP contribution in [0.3, 0.4) is 0 Å². The number of ether oxygens (including phenoxy) is 1. The van der Waals surface area contributed by atoms with Gasteiger partial charge in [-0.25, -0.2) is 4.79 Å². The molecule has 45 heavy (non-hydrogen) atoms. The van der Waals surface area contributed by atoms with Gasteiger partial charge in [0.25, 0.3) is 11.1 Å². The number of fused-ring (bicyclic) bond motifs is 1. The number of nitrogens with zero attached hydrogens (tertiary/aromatic N) is 2. The Morgan fingerprint density at radius 3 is 2.27 bits per heavy atom. The van der Waals surface area contributed by atoms with E-state index in [1.54, 1.807) is 45.0 Å². The number of hydrogen-bond acceptors (Lipinski definition) is 6. The lowest BCUT2D eigenvalue weighted by atomic mass is 9.94. The van der Waals surface area contributed by atoms with E-state index in [1.165, 1.54) is 6.07 Å². The summed E-state index contributed by atoms with van der Waals surface area (Å²) in [5.74, 6) is -0.815. The minimum atomic E-state index is -4.76. The lowest BCUT2D eigenvalue weighted by Gasteiger charge is -2.20. The summed E-state index contributed by atoms with van der Waals surface area (Å²) in [7, 11) is 0. The maximum atomic E-state index is 13.8. The first-order valence-electron chi connectivity index (χ1n) is 13.9. The zero-order chi connectivity index (χ0) is 32.8. The fraction of sp³-hybridized carbons (Fsp3) is 0.281. The van der Waals surface area contributed by atoms with Gasteiger partial charge >= 0.3 is 12.3 Å². The molecule has 234 valence electrons. The molecule has 2 aromatic heterocycles. The van der Waals surface area contributed by atoms with Crippen LogP contribution in [0.5, 0.6) is 0 Å². The van der Waals surface area contributed by atoms with Crippen LogP contribution >= 0.6 is 11.6 Å². The summed E-state index contributed by atoms with van der Waals surface area (Å²) in [6.45, 7) is 4.68. The van der Waals surface area contributed by atoms with Crippen molar-refractivity contribution in [2.24, 2.45) is 0 Å². The van der Waals surface area contributed by atoms with Gasteiger partial charge in [-0.2, -0.15) is 17.9 Å². The predicted molar refractivity (Wildman–Crippen MR) is 160 cm³/mol. The van der Waals surface area contributed by atoms with E-state index in [2.05, 4.69) is 5.10 Å². The van der Waals surface area contributed by atoms with Crippen LogP contribution in [0.1, 0.15) is 54.4 Å². The second-order valence-electron chi connectivity index (χ2n) is 11.6. The maximum Gasteiger partial charge on any atom is 0.434 e. The first kappa shape index (κ1) is 31.7. The van der Waals surface area contributed by atoms with Crippen LogP contribution in [-0.4, -0.2) is 37.6 Å². The maximum absolute atomic E-state index is 13.8. The van der Waals surface area contributed by atoms with E-state index in [0.29, 0.717) is 11.1 Å². The van der Waals surface area contributed by atoms with Crippen molar-refractivity contribution in [2.75, 3.05) is 0 Å². The van der Waals surface area contributed by atoms with Crippen molar-refractivity contribution >= 4 is 29.3 Å². The third-order valence-corrected chi connectivity index (χ3v) is 7.39. The molecular formula is C32H27ClF3N3O6. The zero-order valence-electron chi connectivity index (χ0n) is 24.4. The van der Waals surface area contributed by atoms with Gasteiger partial charge in [0.15, 0.2) is 11.6 Å². The quantitative estimate of drug-likeness (QED) is 0.273. The Kier molecular flexibility index (Phi) is 8.21. The lowest BCUT2D eigenvalue weighted by Crippen LogP contribution is -2.28. The van der Waals surface area contributed by atoms with Crippen LogP contribution in [-0.2, 0) is 35.1 Å². The molecule has 2 aromatic carbocycles. The molecule has 2 heterocycles. The van der Waals surface area contributed by atoms with Gasteiger partial charge in [0.2, 0.25) is 0 Å². The molecule has 0 saturated carbocycles. The Labute approximate surface area is 259 Å².